The molecule has 20 heavy (non-hydrogen) atoms. The number of carbonyl (C=O) groups excluding carboxylic acids is 1. The van der Waals surface area contributed by atoms with Crippen LogP contribution in [0.3, 0.4) is 0 Å². The number of nitrogen functional groups attached to an aromatic ring is 1. The topological polar surface area (TPSA) is 68.0 Å². The van der Waals surface area contributed by atoms with Crippen molar-refractivity contribution in [1.29, 1.82) is 0 Å². The number of hydrogen-bond acceptors (Lipinski definition) is 3. The number of nitrogens with two attached hydrogens (primary N) is 1. The number of carbonyl (C=O) groups is 1. The van der Waals surface area contributed by atoms with Gasteiger partial charge in [-0.15, -0.1) is 0 Å². The van der Waals surface area contributed by atoms with Gasteiger partial charge >= 0.3 is 0 Å². The molecule has 3 N–H and O–H groups in total. The lowest BCUT2D eigenvalue weighted by Gasteiger charge is -2.07. The average molecular weight is 375 g/mol. The standard InChI is InChI=1S/C13H10BrCl2N3O/c14-9-5-8(17)6-18-13(9)19-12(20)4-7-1-2-10(15)11(16)3-7/h1-3,5-6H,4,17H2,(H,18,19,20). The summed E-state index contributed by atoms with van der Waals surface area (Å²) in [6.07, 6.45) is 1.65. The van der Waals surface area contributed by atoms with Crippen LogP contribution in [0.4, 0.5) is 11.5 Å². The summed E-state index contributed by atoms with van der Waals surface area (Å²) in [6.45, 7) is 0. The lowest BCUT2D eigenvalue weighted by atomic mass is 10.1. The first kappa shape index (κ1) is 15.1. The molecule has 0 unspecified atom stereocenters. The summed E-state index contributed by atoms with van der Waals surface area (Å²) in [4.78, 5) is 16.0. The maximum absolute atomic E-state index is 11.9. The molecule has 1 heterocycles. The van der Waals surface area contributed by atoms with Crippen LogP contribution in [0.25, 0.3) is 0 Å². The largest absolute Gasteiger partial charge is 0.397 e. The van der Waals surface area contributed by atoms with Gasteiger partial charge < -0.3 is 11.1 Å². The fourth-order valence-electron chi connectivity index (χ4n) is 1.56. The van der Waals surface area contributed by atoms with Gasteiger partial charge in [-0.3, -0.25) is 4.79 Å². The van der Waals surface area contributed by atoms with E-state index in [2.05, 4.69) is 26.2 Å². The molecule has 1 aromatic carbocycles. The van der Waals surface area contributed by atoms with Crippen molar-refractivity contribution in [2.45, 2.75) is 6.42 Å². The van der Waals surface area contributed by atoms with Crippen molar-refractivity contribution < 1.29 is 4.79 Å². The molecule has 0 bridgehead atoms. The van der Waals surface area contributed by atoms with Gasteiger partial charge in [-0.25, -0.2) is 4.98 Å². The van der Waals surface area contributed by atoms with Crippen LogP contribution in [0, 0.1) is 0 Å². The zero-order valence-electron chi connectivity index (χ0n) is 10.2. The number of pyridine rings is 1. The molecule has 0 aliphatic carbocycles. The zero-order valence-corrected chi connectivity index (χ0v) is 13.3. The van der Waals surface area contributed by atoms with Crippen LogP contribution in [-0.2, 0) is 11.2 Å². The predicted molar refractivity (Wildman–Crippen MR) is 85.1 cm³/mol. The molecular formula is C13H10BrCl2N3O. The molecule has 7 heteroatoms. The van der Waals surface area contributed by atoms with E-state index in [0.717, 1.165) is 5.56 Å². The Kier molecular flexibility index (Phi) is 4.86. The van der Waals surface area contributed by atoms with E-state index in [1.54, 1.807) is 24.3 Å². The number of nitrogens with zero attached hydrogens (tertiary/aromatic N) is 1. The second-order valence-electron chi connectivity index (χ2n) is 4.07. The quantitative estimate of drug-likeness (QED) is 0.855. The van der Waals surface area contributed by atoms with Crippen molar-refractivity contribution >= 4 is 56.5 Å². The van der Waals surface area contributed by atoms with Crippen molar-refractivity contribution in [1.82, 2.24) is 4.98 Å². The van der Waals surface area contributed by atoms with Crippen LogP contribution in [0.15, 0.2) is 34.9 Å². The van der Waals surface area contributed by atoms with E-state index in [9.17, 15) is 4.79 Å². The number of halogens is 3. The fraction of sp³-hybridized carbons (Fsp3) is 0.0769. The highest BCUT2D eigenvalue weighted by atomic mass is 79.9. The number of benzene rings is 1. The van der Waals surface area contributed by atoms with Crippen LogP contribution in [0.1, 0.15) is 5.56 Å². The lowest BCUT2D eigenvalue weighted by Crippen LogP contribution is -2.15. The molecule has 0 saturated heterocycles. The average Bonchev–Trinajstić information content (AvgIpc) is 2.37. The van der Waals surface area contributed by atoms with E-state index >= 15 is 0 Å². The second kappa shape index (κ2) is 6.43. The van der Waals surface area contributed by atoms with E-state index in [1.807, 2.05) is 0 Å². The van der Waals surface area contributed by atoms with Crippen LogP contribution < -0.4 is 11.1 Å². The molecule has 0 spiro atoms. The molecule has 0 atom stereocenters. The first-order valence-electron chi connectivity index (χ1n) is 5.60. The van der Waals surface area contributed by atoms with Crippen molar-refractivity contribution in [2.24, 2.45) is 0 Å². The molecule has 1 amide bonds. The number of nitrogens with one attached hydrogen (secondary N) is 1. The zero-order chi connectivity index (χ0) is 14.7. The number of hydrogen-bond donors (Lipinski definition) is 2. The first-order chi connectivity index (χ1) is 9.45. The Morgan fingerprint density at radius 3 is 2.70 bits per heavy atom. The van der Waals surface area contributed by atoms with E-state index in [1.165, 1.54) is 6.20 Å². The van der Waals surface area contributed by atoms with Gasteiger partial charge in [-0.05, 0) is 39.7 Å². The number of aromatic nitrogens is 1. The highest BCUT2D eigenvalue weighted by Crippen LogP contribution is 2.24. The normalized spacial score (nSPS) is 10.3. The Morgan fingerprint density at radius 2 is 2.05 bits per heavy atom. The van der Waals surface area contributed by atoms with Crippen molar-refractivity contribution in [3.63, 3.8) is 0 Å². The molecule has 0 radical (unpaired) electrons. The van der Waals surface area contributed by atoms with Crippen LogP contribution in [0.2, 0.25) is 10.0 Å². The summed E-state index contributed by atoms with van der Waals surface area (Å²) < 4.78 is 0.625. The first-order valence-corrected chi connectivity index (χ1v) is 7.15. The van der Waals surface area contributed by atoms with Gasteiger partial charge in [0.15, 0.2) is 0 Å². The highest BCUT2D eigenvalue weighted by molar-refractivity contribution is 9.10. The van der Waals surface area contributed by atoms with Crippen molar-refractivity contribution in [3.05, 3.63) is 50.5 Å². The monoisotopic (exact) mass is 373 g/mol. The Hall–Kier alpha value is -1.30. The summed E-state index contributed by atoms with van der Waals surface area (Å²) in [6, 6.07) is 6.74. The van der Waals surface area contributed by atoms with Crippen LogP contribution in [0.5, 0.6) is 0 Å². The van der Waals surface area contributed by atoms with Crippen LogP contribution in [-0.4, -0.2) is 10.9 Å². The van der Waals surface area contributed by atoms with Gasteiger partial charge in [-0.1, -0.05) is 29.3 Å². The van der Waals surface area contributed by atoms with Gasteiger partial charge in [0.25, 0.3) is 0 Å². The maximum Gasteiger partial charge on any atom is 0.229 e. The van der Waals surface area contributed by atoms with Gasteiger partial charge in [-0.2, -0.15) is 0 Å². The van der Waals surface area contributed by atoms with E-state index in [-0.39, 0.29) is 12.3 Å². The smallest absolute Gasteiger partial charge is 0.229 e. The summed E-state index contributed by atoms with van der Waals surface area (Å²) in [5.74, 6) is 0.214. The number of rotatable bonds is 3. The highest BCUT2D eigenvalue weighted by Gasteiger charge is 2.09. The third kappa shape index (κ3) is 3.85. The van der Waals surface area contributed by atoms with Crippen molar-refractivity contribution in [3.8, 4) is 0 Å². The van der Waals surface area contributed by atoms with Gasteiger partial charge in [0.05, 0.1) is 32.8 Å². The van der Waals surface area contributed by atoms with E-state index in [4.69, 9.17) is 28.9 Å². The predicted octanol–water partition coefficient (Wildman–Crippen LogP) is 3.91. The van der Waals surface area contributed by atoms with Crippen molar-refractivity contribution in [2.75, 3.05) is 11.1 Å². The van der Waals surface area contributed by atoms with Gasteiger partial charge in [0.2, 0.25) is 5.91 Å². The molecule has 4 nitrogen and oxygen atoms in total. The SMILES string of the molecule is Nc1cnc(NC(=O)Cc2ccc(Cl)c(Cl)c2)c(Br)c1. The number of anilines is 2. The molecule has 2 aromatic rings. The molecule has 104 valence electrons. The Bertz CT molecular complexity index is 664. The maximum atomic E-state index is 11.9. The third-order valence-corrected chi connectivity index (χ3v) is 3.81. The summed E-state index contributed by atoms with van der Waals surface area (Å²) in [7, 11) is 0. The molecule has 1 aromatic heterocycles. The van der Waals surface area contributed by atoms with E-state index in [0.29, 0.717) is 26.0 Å². The molecule has 0 aliphatic heterocycles. The second-order valence-corrected chi connectivity index (χ2v) is 5.74. The molecule has 2 rings (SSSR count). The minimum atomic E-state index is -0.207. The Morgan fingerprint density at radius 1 is 1.30 bits per heavy atom. The molecule has 0 aliphatic rings. The number of amides is 1. The summed E-state index contributed by atoms with van der Waals surface area (Å²) >= 11 is 15.0. The Balaban J connectivity index is 2.07. The van der Waals surface area contributed by atoms with E-state index < -0.39 is 0 Å². The molecule has 0 saturated carbocycles. The molecule has 0 fully saturated rings. The molecular weight excluding hydrogens is 365 g/mol. The van der Waals surface area contributed by atoms with Gasteiger partial charge in [0.1, 0.15) is 5.82 Å². The lowest BCUT2D eigenvalue weighted by molar-refractivity contribution is -0.115. The van der Waals surface area contributed by atoms with Gasteiger partial charge in [0, 0.05) is 0 Å². The third-order valence-electron chi connectivity index (χ3n) is 2.47. The summed E-state index contributed by atoms with van der Waals surface area (Å²) in [5, 5.41) is 3.57. The van der Waals surface area contributed by atoms with Crippen LogP contribution >= 0.6 is 39.1 Å². The summed E-state index contributed by atoms with van der Waals surface area (Å²) in [5.41, 5.74) is 6.86. The fourth-order valence-corrected chi connectivity index (χ4v) is 2.34. The Labute approximate surface area is 134 Å². The minimum absolute atomic E-state index is 0.176. The minimum Gasteiger partial charge on any atom is -0.397 e.